The third-order valence-electron chi connectivity index (χ3n) is 1.55. The van der Waals surface area contributed by atoms with Gasteiger partial charge in [0.05, 0.1) is 15.5 Å². The van der Waals surface area contributed by atoms with E-state index in [0.717, 1.165) is 16.2 Å². The Bertz CT molecular complexity index is 477. The summed E-state index contributed by atoms with van der Waals surface area (Å²) in [6, 6.07) is 3.15. The van der Waals surface area contributed by atoms with Crippen LogP contribution in [0.3, 0.4) is 0 Å². The van der Waals surface area contributed by atoms with Crippen molar-refractivity contribution in [1.29, 1.82) is 0 Å². The van der Waals surface area contributed by atoms with E-state index in [4.69, 9.17) is 5.73 Å². The first-order chi connectivity index (χ1) is 6.66. The number of aromatic nitrogens is 1. The molecular formula is C7H5N3O2S2. The van der Waals surface area contributed by atoms with Crippen LogP contribution in [0, 0.1) is 10.1 Å². The van der Waals surface area contributed by atoms with Crippen molar-refractivity contribution in [3.8, 4) is 10.6 Å². The van der Waals surface area contributed by atoms with Gasteiger partial charge >= 0.3 is 5.00 Å². The first-order valence-electron chi connectivity index (χ1n) is 3.62. The van der Waals surface area contributed by atoms with E-state index >= 15 is 0 Å². The van der Waals surface area contributed by atoms with Gasteiger partial charge in [0.25, 0.3) is 0 Å². The van der Waals surface area contributed by atoms with Crippen LogP contribution in [0.1, 0.15) is 0 Å². The summed E-state index contributed by atoms with van der Waals surface area (Å²) in [4.78, 5) is 14.8. The van der Waals surface area contributed by atoms with Gasteiger partial charge in [0.1, 0.15) is 0 Å². The fraction of sp³-hybridized carbons (Fsp3) is 0. The molecule has 72 valence electrons. The summed E-state index contributed by atoms with van der Waals surface area (Å²) in [6.07, 6.45) is 0. The summed E-state index contributed by atoms with van der Waals surface area (Å²) in [7, 11) is 0. The fourth-order valence-electron chi connectivity index (χ4n) is 0.964. The number of hydrogen-bond donors (Lipinski definition) is 1. The van der Waals surface area contributed by atoms with Crippen LogP contribution in [-0.2, 0) is 0 Å². The largest absolute Gasteiger partial charge is 0.375 e. The second-order valence-electron chi connectivity index (χ2n) is 2.47. The van der Waals surface area contributed by atoms with Gasteiger partial charge in [0, 0.05) is 11.4 Å². The molecule has 0 amide bonds. The Morgan fingerprint density at radius 2 is 2.29 bits per heavy atom. The Morgan fingerprint density at radius 1 is 1.50 bits per heavy atom. The molecule has 0 fully saturated rings. The van der Waals surface area contributed by atoms with Crippen molar-refractivity contribution < 1.29 is 4.92 Å². The Labute approximate surface area is 87.0 Å². The average Bonchev–Trinajstić information content (AvgIpc) is 2.70. The molecule has 0 bridgehead atoms. The standard InChI is InChI=1S/C7H5N3O2S2/c8-7-9-4(3-13-7)5-1-2-6(14-5)10(11)12/h1-3H,(H2,8,9). The number of hydrogen-bond acceptors (Lipinski definition) is 6. The van der Waals surface area contributed by atoms with Crippen LogP contribution in [0.5, 0.6) is 0 Å². The van der Waals surface area contributed by atoms with Gasteiger partial charge in [0.15, 0.2) is 5.13 Å². The summed E-state index contributed by atoms with van der Waals surface area (Å²) in [6.45, 7) is 0. The van der Waals surface area contributed by atoms with Gasteiger partial charge in [-0.25, -0.2) is 4.98 Å². The molecule has 2 N–H and O–H groups in total. The molecule has 7 heteroatoms. The summed E-state index contributed by atoms with van der Waals surface area (Å²) >= 11 is 2.42. The maximum absolute atomic E-state index is 10.4. The molecule has 2 aromatic heterocycles. The molecule has 0 aliphatic rings. The van der Waals surface area contributed by atoms with Crippen molar-refractivity contribution >= 4 is 32.8 Å². The second-order valence-corrected chi connectivity index (χ2v) is 4.42. The first-order valence-corrected chi connectivity index (χ1v) is 5.32. The van der Waals surface area contributed by atoms with E-state index in [0.29, 0.717) is 10.8 Å². The third-order valence-corrected chi connectivity index (χ3v) is 3.28. The lowest BCUT2D eigenvalue weighted by molar-refractivity contribution is -0.380. The van der Waals surface area contributed by atoms with Crippen LogP contribution in [0.15, 0.2) is 17.5 Å². The SMILES string of the molecule is Nc1nc(-c2ccc([N+](=O)[O-])s2)cs1. The van der Waals surface area contributed by atoms with Crippen molar-refractivity contribution in [2.24, 2.45) is 0 Å². The zero-order valence-electron chi connectivity index (χ0n) is 6.84. The normalized spacial score (nSPS) is 10.3. The summed E-state index contributed by atoms with van der Waals surface area (Å²) in [5.41, 5.74) is 6.16. The number of nitro groups is 1. The van der Waals surface area contributed by atoms with E-state index < -0.39 is 4.92 Å². The van der Waals surface area contributed by atoms with E-state index in [2.05, 4.69) is 4.98 Å². The van der Waals surface area contributed by atoms with E-state index in [-0.39, 0.29) is 5.00 Å². The van der Waals surface area contributed by atoms with Gasteiger partial charge in [-0.1, -0.05) is 11.3 Å². The van der Waals surface area contributed by atoms with Gasteiger partial charge in [-0.15, -0.1) is 11.3 Å². The van der Waals surface area contributed by atoms with Gasteiger partial charge in [-0.05, 0) is 6.07 Å². The second kappa shape index (κ2) is 3.35. The van der Waals surface area contributed by atoms with Gasteiger partial charge in [-0.3, -0.25) is 10.1 Å². The predicted octanol–water partition coefficient (Wildman–Crippen LogP) is 2.36. The van der Waals surface area contributed by atoms with Crippen LogP contribution in [0.2, 0.25) is 0 Å². The number of thiophene rings is 1. The number of rotatable bonds is 2. The minimum atomic E-state index is -0.413. The van der Waals surface area contributed by atoms with Crippen LogP contribution in [0.4, 0.5) is 10.1 Å². The lowest BCUT2D eigenvalue weighted by atomic mass is 10.4. The van der Waals surface area contributed by atoms with Crippen molar-refractivity contribution in [1.82, 2.24) is 4.98 Å². The number of nitrogen functional groups attached to an aromatic ring is 1. The molecule has 0 aliphatic carbocycles. The quantitative estimate of drug-likeness (QED) is 0.630. The average molecular weight is 227 g/mol. The summed E-state index contributed by atoms with van der Waals surface area (Å²) in [5.74, 6) is 0. The molecule has 0 unspecified atom stereocenters. The number of thiazole rings is 1. The highest BCUT2D eigenvalue weighted by atomic mass is 32.1. The molecule has 0 radical (unpaired) electrons. The minimum Gasteiger partial charge on any atom is -0.375 e. The zero-order chi connectivity index (χ0) is 10.1. The third kappa shape index (κ3) is 1.59. The van der Waals surface area contributed by atoms with Crippen molar-refractivity contribution in [2.75, 3.05) is 5.73 Å². The first kappa shape index (κ1) is 9.10. The number of anilines is 1. The van der Waals surface area contributed by atoms with Crippen molar-refractivity contribution in [2.45, 2.75) is 0 Å². The smallest absolute Gasteiger partial charge is 0.324 e. The summed E-state index contributed by atoms with van der Waals surface area (Å²) < 4.78 is 0. The monoisotopic (exact) mass is 227 g/mol. The zero-order valence-corrected chi connectivity index (χ0v) is 8.47. The Hall–Kier alpha value is -1.47. The maximum Gasteiger partial charge on any atom is 0.324 e. The molecule has 0 saturated heterocycles. The molecule has 0 aliphatic heterocycles. The Morgan fingerprint density at radius 3 is 2.79 bits per heavy atom. The van der Waals surface area contributed by atoms with E-state index in [9.17, 15) is 10.1 Å². The molecular weight excluding hydrogens is 222 g/mol. The minimum absolute atomic E-state index is 0.117. The fourth-order valence-corrected chi connectivity index (χ4v) is 2.38. The lowest BCUT2D eigenvalue weighted by Crippen LogP contribution is -1.81. The van der Waals surface area contributed by atoms with Gasteiger partial charge in [-0.2, -0.15) is 0 Å². The maximum atomic E-state index is 10.4. The highest BCUT2D eigenvalue weighted by molar-refractivity contribution is 7.19. The van der Waals surface area contributed by atoms with Crippen molar-refractivity contribution in [3.05, 3.63) is 27.6 Å². The topological polar surface area (TPSA) is 82.0 Å². The molecule has 5 nitrogen and oxygen atoms in total. The van der Waals surface area contributed by atoms with E-state index in [1.165, 1.54) is 17.4 Å². The van der Waals surface area contributed by atoms with E-state index in [1.54, 1.807) is 11.4 Å². The van der Waals surface area contributed by atoms with Crippen LogP contribution in [0.25, 0.3) is 10.6 Å². The molecule has 0 aromatic carbocycles. The van der Waals surface area contributed by atoms with Gasteiger partial charge < -0.3 is 5.73 Å². The summed E-state index contributed by atoms with van der Waals surface area (Å²) in [5, 5.41) is 12.8. The predicted molar refractivity (Wildman–Crippen MR) is 56.5 cm³/mol. The van der Waals surface area contributed by atoms with Crippen LogP contribution in [-0.4, -0.2) is 9.91 Å². The Balaban J connectivity index is 2.38. The molecule has 0 atom stereocenters. The molecule has 2 rings (SSSR count). The highest BCUT2D eigenvalue weighted by Gasteiger charge is 2.12. The molecule has 14 heavy (non-hydrogen) atoms. The van der Waals surface area contributed by atoms with Crippen LogP contribution >= 0.6 is 22.7 Å². The Kier molecular flexibility index (Phi) is 2.18. The van der Waals surface area contributed by atoms with E-state index in [1.807, 2.05) is 0 Å². The lowest BCUT2D eigenvalue weighted by Gasteiger charge is -1.85. The number of nitrogens with two attached hydrogens (primary N) is 1. The molecule has 0 saturated carbocycles. The molecule has 0 spiro atoms. The number of nitrogens with zero attached hydrogens (tertiary/aromatic N) is 2. The molecule has 2 heterocycles. The van der Waals surface area contributed by atoms with Crippen LogP contribution < -0.4 is 5.73 Å². The van der Waals surface area contributed by atoms with Gasteiger partial charge in [0.2, 0.25) is 0 Å². The van der Waals surface area contributed by atoms with Crippen molar-refractivity contribution in [3.63, 3.8) is 0 Å². The molecule has 2 aromatic rings. The highest BCUT2D eigenvalue weighted by Crippen LogP contribution is 2.33.